The molecule has 0 heterocycles. The number of sulfone groups is 1. The normalized spacial score (nSPS) is 11.3. The van der Waals surface area contributed by atoms with Gasteiger partial charge in [0.25, 0.3) is 5.91 Å². The predicted octanol–water partition coefficient (Wildman–Crippen LogP) is 4.52. The molecule has 0 atom stereocenters. The van der Waals surface area contributed by atoms with E-state index in [1.54, 1.807) is 12.1 Å². The summed E-state index contributed by atoms with van der Waals surface area (Å²) in [6, 6.07) is 9.33. The first-order chi connectivity index (χ1) is 10.2. The maximum Gasteiger partial charge on any atom is 0.257 e. The maximum atomic E-state index is 12.4. The van der Waals surface area contributed by atoms with Crippen LogP contribution in [0, 0.1) is 0 Å². The highest BCUT2D eigenvalue weighted by atomic mass is 79.9. The second-order valence-corrected chi connectivity index (χ2v) is 8.69. The molecule has 0 fully saturated rings. The predicted molar refractivity (Wildman–Crippen MR) is 94.4 cm³/mol. The van der Waals surface area contributed by atoms with Crippen LogP contribution in [0.3, 0.4) is 0 Å². The summed E-state index contributed by atoms with van der Waals surface area (Å²) in [6.07, 6.45) is 1.07. The van der Waals surface area contributed by atoms with Gasteiger partial charge in [-0.2, -0.15) is 0 Å². The minimum absolute atomic E-state index is 0.0374. The summed E-state index contributed by atoms with van der Waals surface area (Å²) in [5.74, 6) is -0.491. The van der Waals surface area contributed by atoms with Gasteiger partial charge in [0, 0.05) is 15.2 Å². The van der Waals surface area contributed by atoms with E-state index in [1.165, 1.54) is 18.2 Å². The van der Waals surface area contributed by atoms with E-state index in [9.17, 15) is 13.2 Å². The fraction of sp³-hybridized carbons (Fsp3) is 0.0714. The molecule has 0 aliphatic rings. The molecule has 0 bridgehead atoms. The Balaban J connectivity index is 2.39. The molecule has 0 aliphatic carbocycles. The van der Waals surface area contributed by atoms with Gasteiger partial charge in [-0.15, -0.1) is 0 Å². The Bertz CT molecular complexity index is 853. The summed E-state index contributed by atoms with van der Waals surface area (Å²) < 4.78 is 24.7. The van der Waals surface area contributed by atoms with Gasteiger partial charge in [0.05, 0.1) is 21.2 Å². The van der Waals surface area contributed by atoms with Gasteiger partial charge in [0.15, 0.2) is 9.84 Å². The zero-order chi connectivity index (χ0) is 16.5. The molecule has 0 spiro atoms. The van der Waals surface area contributed by atoms with Gasteiger partial charge < -0.3 is 5.32 Å². The third-order valence-corrected chi connectivity index (χ3v) is 5.41. The van der Waals surface area contributed by atoms with E-state index in [2.05, 4.69) is 37.2 Å². The number of carbonyl (C=O) groups excluding carboxylic acids is 1. The largest absolute Gasteiger partial charge is 0.321 e. The topological polar surface area (TPSA) is 63.2 Å². The van der Waals surface area contributed by atoms with E-state index in [4.69, 9.17) is 11.6 Å². The number of amides is 1. The van der Waals surface area contributed by atoms with Gasteiger partial charge in [0.2, 0.25) is 0 Å². The van der Waals surface area contributed by atoms with Gasteiger partial charge in [-0.05, 0) is 52.3 Å². The number of halogens is 3. The minimum atomic E-state index is -3.42. The number of benzene rings is 2. The van der Waals surface area contributed by atoms with Crippen LogP contribution >= 0.6 is 43.5 Å². The van der Waals surface area contributed by atoms with E-state index < -0.39 is 15.7 Å². The second-order valence-electron chi connectivity index (χ2n) is 4.49. The van der Waals surface area contributed by atoms with Crippen LogP contribution in [0.4, 0.5) is 5.69 Å². The first-order valence-corrected chi connectivity index (χ1v) is 9.80. The Morgan fingerprint density at radius 3 is 2.45 bits per heavy atom. The van der Waals surface area contributed by atoms with Crippen LogP contribution in [0.25, 0.3) is 0 Å². The fourth-order valence-electron chi connectivity index (χ4n) is 1.69. The van der Waals surface area contributed by atoms with Crippen molar-refractivity contribution in [2.75, 3.05) is 11.6 Å². The Kier molecular flexibility index (Phi) is 5.32. The van der Waals surface area contributed by atoms with Gasteiger partial charge in [-0.25, -0.2) is 8.42 Å². The molecule has 116 valence electrons. The molecule has 0 aromatic heterocycles. The molecule has 2 rings (SSSR count). The van der Waals surface area contributed by atoms with E-state index >= 15 is 0 Å². The van der Waals surface area contributed by atoms with E-state index in [1.807, 2.05) is 6.07 Å². The molecule has 0 radical (unpaired) electrons. The summed E-state index contributed by atoms with van der Waals surface area (Å²) in [5, 5.41) is 2.87. The number of anilines is 1. The SMILES string of the molecule is CS(=O)(=O)c1ccc(Cl)c(C(=O)Nc2cc(Br)ccc2Br)c1. The summed E-state index contributed by atoms with van der Waals surface area (Å²) in [7, 11) is -3.42. The Morgan fingerprint density at radius 2 is 1.82 bits per heavy atom. The van der Waals surface area contributed by atoms with Crippen LogP contribution in [-0.4, -0.2) is 20.6 Å². The molecule has 2 aromatic carbocycles. The van der Waals surface area contributed by atoms with Crippen molar-refractivity contribution in [1.29, 1.82) is 0 Å². The average molecular weight is 468 g/mol. The molecule has 0 saturated heterocycles. The van der Waals surface area contributed by atoms with E-state index in [0.29, 0.717) is 10.2 Å². The number of rotatable bonds is 3. The van der Waals surface area contributed by atoms with E-state index in [-0.39, 0.29) is 15.5 Å². The third-order valence-electron chi connectivity index (χ3n) is 2.79. The van der Waals surface area contributed by atoms with Crippen molar-refractivity contribution in [3.63, 3.8) is 0 Å². The van der Waals surface area contributed by atoms with Gasteiger partial charge in [0.1, 0.15) is 0 Å². The summed E-state index contributed by atoms with van der Waals surface area (Å²) in [4.78, 5) is 12.4. The lowest BCUT2D eigenvalue weighted by Crippen LogP contribution is -2.14. The number of nitrogens with one attached hydrogen (secondary N) is 1. The van der Waals surface area contributed by atoms with Crippen LogP contribution in [0.1, 0.15) is 10.4 Å². The monoisotopic (exact) mass is 465 g/mol. The molecule has 0 aliphatic heterocycles. The highest BCUT2D eigenvalue weighted by Gasteiger charge is 2.16. The van der Waals surface area contributed by atoms with Gasteiger partial charge >= 0.3 is 0 Å². The number of hydrogen-bond acceptors (Lipinski definition) is 3. The van der Waals surface area contributed by atoms with Crippen molar-refractivity contribution in [2.24, 2.45) is 0 Å². The van der Waals surface area contributed by atoms with Crippen LogP contribution in [0.2, 0.25) is 5.02 Å². The average Bonchev–Trinajstić information content (AvgIpc) is 2.42. The Labute approximate surface area is 150 Å². The molecule has 2 aromatic rings. The lowest BCUT2D eigenvalue weighted by Gasteiger charge is -2.10. The Morgan fingerprint density at radius 1 is 1.14 bits per heavy atom. The molecule has 4 nitrogen and oxygen atoms in total. The van der Waals surface area contributed by atoms with Crippen molar-refractivity contribution in [1.82, 2.24) is 0 Å². The van der Waals surface area contributed by atoms with Crippen molar-refractivity contribution >= 4 is 64.9 Å². The second kappa shape index (κ2) is 6.70. The zero-order valence-corrected chi connectivity index (χ0v) is 16.0. The molecule has 0 unspecified atom stereocenters. The van der Waals surface area contributed by atoms with E-state index in [0.717, 1.165) is 10.7 Å². The third kappa shape index (κ3) is 4.10. The van der Waals surface area contributed by atoms with Gasteiger partial charge in [-0.3, -0.25) is 4.79 Å². The highest BCUT2D eigenvalue weighted by molar-refractivity contribution is 9.11. The smallest absolute Gasteiger partial charge is 0.257 e. The first-order valence-electron chi connectivity index (χ1n) is 5.94. The Hall–Kier alpha value is -0.890. The van der Waals surface area contributed by atoms with Crippen molar-refractivity contribution in [3.05, 3.63) is 55.9 Å². The molecule has 0 saturated carbocycles. The quantitative estimate of drug-likeness (QED) is 0.722. The zero-order valence-electron chi connectivity index (χ0n) is 11.2. The lowest BCUT2D eigenvalue weighted by atomic mass is 10.2. The minimum Gasteiger partial charge on any atom is -0.321 e. The maximum absolute atomic E-state index is 12.4. The molecular weight excluding hydrogens is 457 g/mol. The molecular formula is C14H10Br2ClNO3S. The van der Waals surface area contributed by atoms with Crippen molar-refractivity contribution in [3.8, 4) is 0 Å². The summed E-state index contributed by atoms with van der Waals surface area (Å²) >= 11 is 12.7. The highest BCUT2D eigenvalue weighted by Crippen LogP contribution is 2.28. The summed E-state index contributed by atoms with van der Waals surface area (Å²) in [5.41, 5.74) is 0.636. The van der Waals surface area contributed by atoms with Crippen LogP contribution in [0.15, 0.2) is 50.2 Å². The summed E-state index contributed by atoms with van der Waals surface area (Å²) in [6.45, 7) is 0. The number of hydrogen-bond donors (Lipinski definition) is 1. The van der Waals surface area contributed by atoms with Crippen LogP contribution < -0.4 is 5.32 Å². The molecule has 1 amide bonds. The lowest BCUT2D eigenvalue weighted by molar-refractivity contribution is 0.102. The molecule has 22 heavy (non-hydrogen) atoms. The van der Waals surface area contributed by atoms with Crippen LogP contribution in [0.5, 0.6) is 0 Å². The van der Waals surface area contributed by atoms with Gasteiger partial charge in [-0.1, -0.05) is 27.5 Å². The van der Waals surface area contributed by atoms with Crippen LogP contribution in [-0.2, 0) is 9.84 Å². The fourth-order valence-corrected chi connectivity index (χ4v) is 3.25. The van der Waals surface area contributed by atoms with Crippen molar-refractivity contribution in [2.45, 2.75) is 4.90 Å². The number of carbonyl (C=O) groups is 1. The molecule has 1 N–H and O–H groups in total. The van der Waals surface area contributed by atoms with Crippen molar-refractivity contribution < 1.29 is 13.2 Å². The standard InChI is InChI=1S/C14H10Br2ClNO3S/c1-22(20,21)9-3-5-12(17)10(7-9)14(19)18-13-6-8(15)2-4-11(13)16/h2-7H,1H3,(H,18,19). The first kappa shape index (κ1) is 17.5. The molecule has 8 heteroatoms.